The van der Waals surface area contributed by atoms with E-state index in [1.165, 1.54) is 37.9 Å². The Kier molecular flexibility index (Phi) is 5.29. The van der Waals surface area contributed by atoms with E-state index in [0.717, 1.165) is 28.4 Å². The zero-order valence-electron chi connectivity index (χ0n) is 21.5. The molecule has 0 radical (unpaired) electrons. The maximum absolute atomic E-state index is 5.20. The molecule has 0 saturated heterocycles. The quantitative estimate of drug-likeness (QED) is 0.230. The molecule has 1 aliphatic heterocycles. The van der Waals surface area contributed by atoms with Crippen molar-refractivity contribution in [2.24, 2.45) is 9.98 Å². The van der Waals surface area contributed by atoms with E-state index in [-0.39, 0.29) is 6.17 Å². The van der Waals surface area contributed by atoms with Crippen LogP contribution < -0.4 is 0 Å². The molecule has 3 nitrogen and oxygen atoms in total. The van der Waals surface area contributed by atoms with Crippen molar-refractivity contribution < 1.29 is 0 Å². The van der Waals surface area contributed by atoms with E-state index < -0.39 is 0 Å². The van der Waals surface area contributed by atoms with Gasteiger partial charge in [0.25, 0.3) is 0 Å². The van der Waals surface area contributed by atoms with Gasteiger partial charge in [-0.1, -0.05) is 121 Å². The van der Waals surface area contributed by atoms with Crippen molar-refractivity contribution in [3.63, 3.8) is 0 Å². The van der Waals surface area contributed by atoms with Crippen LogP contribution in [0.2, 0.25) is 0 Å². The topological polar surface area (TPSA) is 28.0 Å². The molecule has 1 unspecified atom stereocenters. The fourth-order valence-corrected chi connectivity index (χ4v) is 5.65. The third-order valence-corrected chi connectivity index (χ3v) is 7.54. The highest BCUT2D eigenvalue weighted by atomic mass is 15.3. The standard InChI is InChI=1S/C35H27N3/c1-23-17-19-29-27-15-9-10-16-28(27)32-22-26(18-20-30(32)31(29)21-23)33-36-34(24-11-5-3-6-12-24)38(2)35(37-33)25-13-7-4-8-14-25/h3-22,34H,1-2H3. The highest BCUT2D eigenvalue weighted by molar-refractivity contribution is 6.26. The van der Waals surface area contributed by atoms with Gasteiger partial charge in [-0.05, 0) is 50.9 Å². The molecule has 0 saturated carbocycles. The van der Waals surface area contributed by atoms with E-state index in [1.54, 1.807) is 0 Å². The van der Waals surface area contributed by atoms with Crippen LogP contribution in [-0.4, -0.2) is 23.6 Å². The van der Waals surface area contributed by atoms with Crippen LogP contribution in [0.25, 0.3) is 32.3 Å². The number of nitrogens with zero attached hydrogens (tertiary/aromatic N) is 3. The Bertz CT molecular complexity index is 1890. The minimum atomic E-state index is -0.161. The lowest BCUT2D eigenvalue weighted by molar-refractivity contribution is 0.383. The predicted molar refractivity (Wildman–Crippen MR) is 160 cm³/mol. The third kappa shape index (κ3) is 3.67. The molecule has 7 rings (SSSR count). The number of aliphatic imine (C=N–C) groups is 2. The van der Waals surface area contributed by atoms with Crippen molar-refractivity contribution in [1.29, 1.82) is 0 Å². The molecule has 0 N–H and O–H groups in total. The molecule has 3 heteroatoms. The second kappa shape index (κ2) is 8.97. The summed E-state index contributed by atoms with van der Waals surface area (Å²) in [6.45, 7) is 2.16. The Balaban J connectivity index is 1.48. The highest BCUT2D eigenvalue weighted by Crippen LogP contribution is 2.37. The number of aryl methyl sites for hydroxylation is 1. The largest absolute Gasteiger partial charge is 0.333 e. The first-order chi connectivity index (χ1) is 18.7. The van der Waals surface area contributed by atoms with Gasteiger partial charge < -0.3 is 4.90 Å². The Morgan fingerprint density at radius 3 is 1.89 bits per heavy atom. The van der Waals surface area contributed by atoms with Gasteiger partial charge >= 0.3 is 0 Å². The molecule has 0 spiro atoms. The maximum atomic E-state index is 5.20. The SMILES string of the molecule is Cc1ccc2c3ccccc3c3cc(C4=NC(c5ccccc5)N(C)C(c5ccccc5)=N4)ccc3c2c1. The van der Waals surface area contributed by atoms with Crippen LogP contribution >= 0.6 is 0 Å². The highest BCUT2D eigenvalue weighted by Gasteiger charge is 2.26. The van der Waals surface area contributed by atoms with Crippen LogP contribution in [0.15, 0.2) is 131 Å². The lowest BCUT2D eigenvalue weighted by Crippen LogP contribution is -2.35. The molecule has 0 fully saturated rings. The van der Waals surface area contributed by atoms with Crippen LogP contribution in [0.4, 0.5) is 0 Å². The molecular weight excluding hydrogens is 462 g/mol. The molecule has 0 aromatic heterocycles. The van der Waals surface area contributed by atoms with Gasteiger partial charge in [0.05, 0.1) is 0 Å². The second-order valence-corrected chi connectivity index (χ2v) is 10.0. The smallest absolute Gasteiger partial charge is 0.159 e. The van der Waals surface area contributed by atoms with Crippen LogP contribution in [0.3, 0.4) is 0 Å². The molecule has 38 heavy (non-hydrogen) atoms. The number of hydrogen-bond acceptors (Lipinski definition) is 3. The van der Waals surface area contributed by atoms with E-state index in [9.17, 15) is 0 Å². The van der Waals surface area contributed by atoms with Gasteiger partial charge in [-0.15, -0.1) is 0 Å². The van der Waals surface area contributed by atoms with Gasteiger partial charge in [0, 0.05) is 18.2 Å². The van der Waals surface area contributed by atoms with Crippen LogP contribution in [0, 0.1) is 6.92 Å². The van der Waals surface area contributed by atoms with Crippen molar-refractivity contribution in [2.45, 2.75) is 13.1 Å². The van der Waals surface area contributed by atoms with Crippen molar-refractivity contribution in [3.05, 3.63) is 144 Å². The van der Waals surface area contributed by atoms with Gasteiger partial charge in [-0.25, -0.2) is 9.98 Å². The number of rotatable bonds is 3. The van der Waals surface area contributed by atoms with Crippen molar-refractivity contribution in [2.75, 3.05) is 7.05 Å². The molecule has 1 heterocycles. The lowest BCUT2D eigenvalue weighted by atomic mass is 9.92. The van der Waals surface area contributed by atoms with Gasteiger partial charge in [0.15, 0.2) is 5.84 Å². The summed E-state index contributed by atoms with van der Waals surface area (Å²) in [5.41, 5.74) is 4.51. The fourth-order valence-electron chi connectivity index (χ4n) is 5.65. The zero-order chi connectivity index (χ0) is 25.6. The molecule has 0 amide bonds. The van der Waals surface area contributed by atoms with E-state index in [1.807, 2.05) is 12.1 Å². The lowest BCUT2D eigenvalue weighted by Gasteiger charge is -2.32. The van der Waals surface area contributed by atoms with Crippen molar-refractivity contribution in [3.8, 4) is 0 Å². The summed E-state index contributed by atoms with van der Waals surface area (Å²) in [5.74, 6) is 1.68. The molecule has 1 atom stereocenters. The Hall–Kier alpha value is -4.76. The third-order valence-electron chi connectivity index (χ3n) is 7.54. The van der Waals surface area contributed by atoms with E-state index in [0.29, 0.717) is 0 Å². The number of benzene rings is 6. The molecule has 0 bridgehead atoms. The number of amidine groups is 2. The van der Waals surface area contributed by atoms with E-state index in [2.05, 4.69) is 128 Å². The maximum Gasteiger partial charge on any atom is 0.159 e. The first kappa shape index (κ1) is 22.4. The summed E-state index contributed by atoms with van der Waals surface area (Å²) >= 11 is 0. The average molecular weight is 490 g/mol. The van der Waals surface area contributed by atoms with Crippen LogP contribution in [-0.2, 0) is 0 Å². The first-order valence-corrected chi connectivity index (χ1v) is 13.0. The summed E-state index contributed by atoms with van der Waals surface area (Å²) in [4.78, 5) is 12.5. The summed E-state index contributed by atoms with van der Waals surface area (Å²) in [6, 6.07) is 43.0. The van der Waals surface area contributed by atoms with Gasteiger partial charge in [-0.2, -0.15) is 0 Å². The summed E-state index contributed by atoms with van der Waals surface area (Å²) < 4.78 is 0. The summed E-state index contributed by atoms with van der Waals surface area (Å²) in [5, 5.41) is 7.58. The second-order valence-electron chi connectivity index (χ2n) is 10.0. The van der Waals surface area contributed by atoms with Crippen molar-refractivity contribution in [1.82, 2.24) is 4.90 Å². The number of hydrogen-bond donors (Lipinski definition) is 0. The Labute approximate surface area is 222 Å². The van der Waals surface area contributed by atoms with E-state index in [4.69, 9.17) is 9.98 Å². The molecule has 0 aliphatic carbocycles. The van der Waals surface area contributed by atoms with E-state index >= 15 is 0 Å². The van der Waals surface area contributed by atoms with Gasteiger partial charge in [-0.3, -0.25) is 0 Å². The summed E-state index contributed by atoms with van der Waals surface area (Å²) in [7, 11) is 2.08. The average Bonchev–Trinajstić information content (AvgIpc) is 2.98. The molecule has 6 aromatic rings. The molecule has 6 aromatic carbocycles. The number of fused-ring (bicyclic) bond motifs is 6. The van der Waals surface area contributed by atoms with Crippen molar-refractivity contribution >= 4 is 44.0 Å². The van der Waals surface area contributed by atoms with Crippen LogP contribution in [0.1, 0.15) is 28.4 Å². The fraction of sp³-hybridized carbons (Fsp3) is 0.0857. The van der Waals surface area contributed by atoms with Gasteiger partial charge in [0.2, 0.25) is 0 Å². The molecule has 182 valence electrons. The Morgan fingerprint density at radius 1 is 0.553 bits per heavy atom. The first-order valence-electron chi connectivity index (χ1n) is 13.0. The zero-order valence-corrected chi connectivity index (χ0v) is 21.5. The van der Waals surface area contributed by atoms with Crippen LogP contribution in [0.5, 0.6) is 0 Å². The van der Waals surface area contributed by atoms with Gasteiger partial charge in [0.1, 0.15) is 12.0 Å². The minimum absolute atomic E-state index is 0.161. The normalized spacial score (nSPS) is 15.6. The monoisotopic (exact) mass is 489 g/mol. The minimum Gasteiger partial charge on any atom is -0.333 e. The Morgan fingerprint density at radius 2 is 1.13 bits per heavy atom. The predicted octanol–water partition coefficient (Wildman–Crippen LogP) is 8.29. The summed E-state index contributed by atoms with van der Waals surface area (Å²) in [6.07, 6.45) is -0.161. The molecule has 1 aliphatic rings. The molecular formula is C35H27N3.